The first-order valence-electron chi connectivity index (χ1n) is 5.91. The monoisotopic (exact) mass is 306 g/mol. The second-order valence-electron chi connectivity index (χ2n) is 4.24. The topological polar surface area (TPSA) is 133 Å². The smallest absolute Gasteiger partial charge is 0.316 e. The maximum atomic E-state index is 11.4. The van der Waals surface area contributed by atoms with E-state index in [1.54, 1.807) is 6.92 Å². The molecule has 0 rings (SSSR count). The van der Waals surface area contributed by atoms with Crippen LogP contribution in [0.4, 0.5) is 0 Å². The molecule has 0 aliphatic heterocycles. The molecule has 9 heteroatoms. The first-order chi connectivity index (χ1) is 9.22. The van der Waals surface area contributed by atoms with Crippen molar-refractivity contribution in [3.63, 3.8) is 0 Å². The first-order valence-corrected chi connectivity index (χ1v) is 6.42. The van der Waals surface area contributed by atoms with E-state index in [4.69, 9.17) is 10.2 Å². The Kier molecular flexibility index (Phi) is 8.37. The van der Waals surface area contributed by atoms with Crippen molar-refractivity contribution < 1.29 is 29.4 Å². The first kappa shape index (κ1) is 18.2. The molecule has 0 aliphatic carbocycles. The normalized spacial score (nSPS) is 13.1. The van der Waals surface area contributed by atoms with Crippen molar-refractivity contribution in [2.45, 2.75) is 37.5 Å². The fourth-order valence-electron chi connectivity index (χ4n) is 1.25. The molecule has 114 valence electrons. The van der Waals surface area contributed by atoms with Gasteiger partial charge in [-0.1, -0.05) is 0 Å². The fourth-order valence-corrected chi connectivity index (χ4v) is 1.42. The molecular formula is C11H18N2O6S. The summed E-state index contributed by atoms with van der Waals surface area (Å²) in [5, 5.41) is 20.7. The number of carbonyl (C=O) groups excluding carboxylic acids is 2. The van der Waals surface area contributed by atoms with E-state index in [-0.39, 0.29) is 31.8 Å². The Morgan fingerprint density at radius 3 is 2.25 bits per heavy atom. The predicted octanol–water partition coefficient (Wildman–Crippen LogP) is -0.755. The third-order valence-corrected chi connectivity index (χ3v) is 2.71. The second-order valence-corrected chi connectivity index (χ2v) is 4.86. The molecule has 0 aromatic rings. The Morgan fingerprint density at radius 2 is 1.75 bits per heavy atom. The van der Waals surface area contributed by atoms with Gasteiger partial charge in [-0.2, -0.15) is 12.6 Å². The van der Waals surface area contributed by atoms with Crippen LogP contribution in [0.2, 0.25) is 0 Å². The summed E-state index contributed by atoms with van der Waals surface area (Å²) in [5.74, 6) is -3.23. The summed E-state index contributed by atoms with van der Waals surface area (Å²) < 4.78 is 0. The van der Waals surface area contributed by atoms with Crippen LogP contribution in [-0.4, -0.2) is 51.8 Å². The van der Waals surface area contributed by atoms with Crippen molar-refractivity contribution in [2.24, 2.45) is 0 Å². The quantitative estimate of drug-likeness (QED) is 0.356. The highest BCUT2D eigenvalue weighted by Crippen LogP contribution is 2.00. The molecule has 0 radical (unpaired) electrons. The van der Waals surface area contributed by atoms with Crippen LogP contribution in [0.25, 0.3) is 0 Å². The molecule has 2 atom stereocenters. The van der Waals surface area contributed by atoms with E-state index in [9.17, 15) is 19.2 Å². The van der Waals surface area contributed by atoms with Gasteiger partial charge in [0.25, 0.3) is 0 Å². The highest BCUT2D eigenvalue weighted by Gasteiger charge is 2.17. The van der Waals surface area contributed by atoms with E-state index in [1.165, 1.54) is 0 Å². The molecule has 0 spiro atoms. The Hall–Kier alpha value is -1.77. The van der Waals surface area contributed by atoms with Gasteiger partial charge in [-0.05, 0) is 13.3 Å². The highest BCUT2D eigenvalue weighted by molar-refractivity contribution is 7.81. The lowest BCUT2D eigenvalue weighted by molar-refractivity contribution is -0.138. The fraction of sp³-hybridized carbons (Fsp3) is 0.636. The molecule has 2 unspecified atom stereocenters. The minimum absolute atomic E-state index is 0.0618. The SMILES string of the molecule is CC(CCC(=O)O)NC(=O)CNC(=O)CC(S)C(=O)O. The van der Waals surface area contributed by atoms with E-state index < -0.39 is 29.0 Å². The van der Waals surface area contributed by atoms with Crippen LogP contribution < -0.4 is 10.6 Å². The lowest BCUT2D eigenvalue weighted by Gasteiger charge is -2.13. The summed E-state index contributed by atoms with van der Waals surface area (Å²) in [6.07, 6.45) is -0.110. The Balaban J connectivity index is 3.90. The lowest BCUT2D eigenvalue weighted by atomic mass is 10.2. The molecule has 0 heterocycles. The lowest BCUT2D eigenvalue weighted by Crippen LogP contribution is -2.41. The third kappa shape index (κ3) is 9.20. The van der Waals surface area contributed by atoms with Gasteiger partial charge in [0.2, 0.25) is 11.8 Å². The van der Waals surface area contributed by atoms with E-state index >= 15 is 0 Å². The van der Waals surface area contributed by atoms with Gasteiger partial charge in [0.15, 0.2) is 0 Å². The molecule has 8 nitrogen and oxygen atoms in total. The number of nitrogens with one attached hydrogen (secondary N) is 2. The van der Waals surface area contributed by atoms with Crippen molar-refractivity contribution in [3.8, 4) is 0 Å². The van der Waals surface area contributed by atoms with E-state index in [0.29, 0.717) is 0 Å². The van der Waals surface area contributed by atoms with Gasteiger partial charge < -0.3 is 20.8 Å². The molecule has 0 aliphatic rings. The Labute approximate surface area is 121 Å². The van der Waals surface area contributed by atoms with Crippen LogP contribution in [0, 0.1) is 0 Å². The molecule has 0 saturated carbocycles. The largest absolute Gasteiger partial charge is 0.481 e. The molecule has 0 aromatic carbocycles. The van der Waals surface area contributed by atoms with Crippen molar-refractivity contribution >= 4 is 36.4 Å². The van der Waals surface area contributed by atoms with E-state index in [1.807, 2.05) is 0 Å². The summed E-state index contributed by atoms with van der Waals surface area (Å²) in [4.78, 5) is 43.5. The average molecular weight is 306 g/mol. The number of aliphatic carboxylic acids is 2. The minimum atomic E-state index is -1.21. The van der Waals surface area contributed by atoms with Gasteiger partial charge in [-0.25, -0.2) is 0 Å². The number of carbonyl (C=O) groups is 4. The summed E-state index contributed by atoms with van der Waals surface area (Å²) in [7, 11) is 0. The number of carboxylic acids is 2. The van der Waals surface area contributed by atoms with Gasteiger partial charge in [0.1, 0.15) is 5.25 Å². The minimum Gasteiger partial charge on any atom is -0.481 e. The molecule has 0 saturated heterocycles. The predicted molar refractivity (Wildman–Crippen MR) is 72.5 cm³/mol. The molecule has 4 N–H and O–H groups in total. The second kappa shape index (κ2) is 9.18. The number of hydrogen-bond acceptors (Lipinski definition) is 5. The van der Waals surface area contributed by atoms with Crippen LogP contribution in [0.15, 0.2) is 0 Å². The van der Waals surface area contributed by atoms with Crippen LogP contribution in [-0.2, 0) is 19.2 Å². The van der Waals surface area contributed by atoms with Gasteiger partial charge in [-0.15, -0.1) is 0 Å². The van der Waals surface area contributed by atoms with Gasteiger partial charge in [0.05, 0.1) is 6.54 Å². The molecule has 0 aromatic heterocycles. The number of carboxylic acid groups (broad SMARTS) is 2. The summed E-state index contributed by atoms with van der Waals surface area (Å²) in [6.45, 7) is 1.35. The third-order valence-electron chi connectivity index (χ3n) is 2.31. The summed E-state index contributed by atoms with van der Waals surface area (Å²) in [6, 6.07) is -0.327. The zero-order valence-electron chi connectivity index (χ0n) is 11.0. The summed E-state index contributed by atoms with van der Waals surface area (Å²) >= 11 is 3.69. The maximum absolute atomic E-state index is 11.4. The van der Waals surface area contributed by atoms with E-state index in [0.717, 1.165) is 0 Å². The van der Waals surface area contributed by atoms with E-state index in [2.05, 4.69) is 23.3 Å². The van der Waals surface area contributed by atoms with Gasteiger partial charge in [-0.3, -0.25) is 19.2 Å². The molecule has 0 bridgehead atoms. The van der Waals surface area contributed by atoms with Crippen LogP contribution in [0.5, 0.6) is 0 Å². The van der Waals surface area contributed by atoms with Crippen LogP contribution in [0.3, 0.4) is 0 Å². The van der Waals surface area contributed by atoms with Crippen LogP contribution in [0.1, 0.15) is 26.2 Å². The van der Waals surface area contributed by atoms with Crippen LogP contribution >= 0.6 is 12.6 Å². The van der Waals surface area contributed by atoms with Crippen molar-refractivity contribution in [2.75, 3.05) is 6.54 Å². The molecule has 0 fully saturated rings. The van der Waals surface area contributed by atoms with Crippen molar-refractivity contribution in [3.05, 3.63) is 0 Å². The number of rotatable bonds is 9. The van der Waals surface area contributed by atoms with Crippen molar-refractivity contribution in [1.82, 2.24) is 10.6 Å². The zero-order valence-corrected chi connectivity index (χ0v) is 11.9. The maximum Gasteiger partial charge on any atom is 0.316 e. The standard InChI is InChI=1S/C11H18N2O6S/c1-6(2-3-10(16)17)13-9(15)5-12-8(14)4-7(20)11(18)19/h6-7,20H,2-5H2,1H3,(H,12,14)(H,13,15)(H,16,17)(H,18,19). The number of thiol groups is 1. The highest BCUT2D eigenvalue weighted by atomic mass is 32.1. The van der Waals surface area contributed by atoms with Gasteiger partial charge in [0, 0.05) is 18.9 Å². The van der Waals surface area contributed by atoms with Crippen molar-refractivity contribution in [1.29, 1.82) is 0 Å². The molecular weight excluding hydrogens is 288 g/mol. The molecule has 2 amide bonds. The Morgan fingerprint density at radius 1 is 1.15 bits per heavy atom. The summed E-state index contributed by atoms with van der Waals surface area (Å²) in [5.41, 5.74) is 0. The number of hydrogen-bond donors (Lipinski definition) is 5. The Bertz CT molecular complexity index is 387. The molecule has 20 heavy (non-hydrogen) atoms. The number of amides is 2. The van der Waals surface area contributed by atoms with Gasteiger partial charge >= 0.3 is 11.9 Å². The zero-order chi connectivity index (χ0) is 15.7. The average Bonchev–Trinajstić information content (AvgIpc) is 2.33.